The number of rotatable bonds is 3. The standard InChI is InChI=1S/C16H20N4O/c1-16(8-3-6-14(16)17)15(21)19-12-5-2-4-11(10-12)13-7-9-18-20-13/h2,4-5,7,9-10,14H,3,6,8,17H2,1H3,(H,18,20)(H,19,21). The van der Waals surface area contributed by atoms with Gasteiger partial charge in [0.25, 0.3) is 0 Å². The first kappa shape index (κ1) is 13.8. The average Bonchev–Trinajstić information content (AvgIpc) is 3.11. The number of benzene rings is 1. The molecule has 5 nitrogen and oxygen atoms in total. The lowest BCUT2D eigenvalue weighted by atomic mass is 9.84. The van der Waals surface area contributed by atoms with E-state index in [2.05, 4.69) is 15.5 Å². The summed E-state index contributed by atoms with van der Waals surface area (Å²) in [6.45, 7) is 1.96. The molecule has 0 bridgehead atoms. The molecule has 110 valence electrons. The molecule has 2 atom stereocenters. The lowest BCUT2D eigenvalue weighted by Crippen LogP contribution is -2.44. The third kappa shape index (κ3) is 2.56. The molecule has 1 fully saturated rings. The molecule has 0 radical (unpaired) electrons. The molecule has 1 saturated carbocycles. The van der Waals surface area contributed by atoms with Gasteiger partial charge in [0.2, 0.25) is 5.91 Å². The normalized spacial score (nSPS) is 25.0. The maximum atomic E-state index is 12.5. The van der Waals surface area contributed by atoms with Gasteiger partial charge >= 0.3 is 0 Å². The number of hydrogen-bond acceptors (Lipinski definition) is 3. The summed E-state index contributed by atoms with van der Waals surface area (Å²) >= 11 is 0. The van der Waals surface area contributed by atoms with Crippen molar-refractivity contribution in [3.63, 3.8) is 0 Å². The number of anilines is 1. The Morgan fingerprint density at radius 3 is 3.00 bits per heavy atom. The van der Waals surface area contributed by atoms with Gasteiger partial charge in [0, 0.05) is 23.5 Å². The lowest BCUT2D eigenvalue weighted by Gasteiger charge is -2.27. The van der Waals surface area contributed by atoms with Crippen LogP contribution in [0.4, 0.5) is 5.69 Å². The Kier molecular flexibility index (Phi) is 3.51. The molecule has 1 heterocycles. The van der Waals surface area contributed by atoms with Gasteiger partial charge in [-0.2, -0.15) is 5.10 Å². The van der Waals surface area contributed by atoms with Crippen molar-refractivity contribution in [2.75, 3.05) is 5.32 Å². The van der Waals surface area contributed by atoms with E-state index in [4.69, 9.17) is 5.73 Å². The fraction of sp³-hybridized carbons (Fsp3) is 0.375. The Morgan fingerprint density at radius 2 is 2.33 bits per heavy atom. The Hall–Kier alpha value is -2.14. The second-order valence-corrected chi connectivity index (χ2v) is 5.92. The lowest BCUT2D eigenvalue weighted by molar-refractivity contribution is -0.125. The van der Waals surface area contributed by atoms with Crippen molar-refractivity contribution in [3.05, 3.63) is 36.5 Å². The van der Waals surface area contributed by atoms with Crippen molar-refractivity contribution in [1.82, 2.24) is 10.2 Å². The molecule has 0 aliphatic heterocycles. The van der Waals surface area contributed by atoms with E-state index in [1.54, 1.807) is 6.20 Å². The van der Waals surface area contributed by atoms with Crippen LogP contribution in [0.5, 0.6) is 0 Å². The molecular formula is C16H20N4O. The first-order chi connectivity index (χ1) is 10.1. The second-order valence-electron chi connectivity index (χ2n) is 5.92. The molecule has 2 aromatic rings. The van der Waals surface area contributed by atoms with Gasteiger partial charge in [0.15, 0.2) is 0 Å². The Balaban J connectivity index is 1.79. The summed E-state index contributed by atoms with van der Waals surface area (Å²) in [7, 11) is 0. The van der Waals surface area contributed by atoms with Crippen LogP contribution in [-0.4, -0.2) is 22.1 Å². The maximum Gasteiger partial charge on any atom is 0.231 e. The van der Waals surface area contributed by atoms with Crippen LogP contribution in [0.15, 0.2) is 36.5 Å². The third-order valence-electron chi connectivity index (χ3n) is 4.48. The van der Waals surface area contributed by atoms with Crippen molar-refractivity contribution in [1.29, 1.82) is 0 Å². The number of amides is 1. The molecule has 2 unspecified atom stereocenters. The zero-order valence-corrected chi connectivity index (χ0v) is 12.1. The first-order valence-corrected chi connectivity index (χ1v) is 7.26. The van der Waals surface area contributed by atoms with Crippen molar-refractivity contribution < 1.29 is 4.79 Å². The molecule has 3 rings (SSSR count). The number of nitrogens with two attached hydrogens (primary N) is 1. The van der Waals surface area contributed by atoms with E-state index in [9.17, 15) is 4.79 Å². The van der Waals surface area contributed by atoms with Crippen molar-refractivity contribution in [2.24, 2.45) is 11.1 Å². The maximum absolute atomic E-state index is 12.5. The summed E-state index contributed by atoms with van der Waals surface area (Å²) in [6, 6.07) is 9.56. The van der Waals surface area contributed by atoms with Gasteiger partial charge in [-0.1, -0.05) is 18.6 Å². The Bertz CT molecular complexity index is 637. The molecule has 0 spiro atoms. The highest BCUT2D eigenvalue weighted by atomic mass is 16.2. The number of carbonyl (C=O) groups is 1. The van der Waals surface area contributed by atoms with Crippen molar-refractivity contribution >= 4 is 11.6 Å². The molecule has 1 aliphatic carbocycles. The number of aromatic amines is 1. The van der Waals surface area contributed by atoms with Crippen LogP contribution >= 0.6 is 0 Å². The summed E-state index contributed by atoms with van der Waals surface area (Å²) in [4.78, 5) is 12.5. The molecule has 1 aromatic carbocycles. The van der Waals surface area contributed by atoms with Crippen LogP contribution in [0.25, 0.3) is 11.3 Å². The third-order valence-corrected chi connectivity index (χ3v) is 4.48. The van der Waals surface area contributed by atoms with Crippen LogP contribution in [0.3, 0.4) is 0 Å². The average molecular weight is 284 g/mol. The molecular weight excluding hydrogens is 264 g/mol. The number of nitrogens with one attached hydrogen (secondary N) is 2. The van der Waals surface area contributed by atoms with E-state index in [1.807, 2.05) is 37.3 Å². The van der Waals surface area contributed by atoms with E-state index in [0.717, 1.165) is 36.2 Å². The van der Waals surface area contributed by atoms with Gasteiger partial charge < -0.3 is 11.1 Å². The molecule has 1 amide bonds. The van der Waals surface area contributed by atoms with Crippen LogP contribution in [0.2, 0.25) is 0 Å². The number of hydrogen-bond donors (Lipinski definition) is 3. The summed E-state index contributed by atoms with van der Waals surface area (Å²) in [5.74, 6) is 0.00857. The summed E-state index contributed by atoms with van der Waals surface area (Å²) in [6.07, 6.45) is 4.48. The van der Waals surface area contributed by atoms with Gasteiger partial charge in [-0.05, 0) is 38.0 Å². The minimum atomic E-state index is -0.468. The molecule has 1 aromatic heterocycles. The highest BCUT2D eigenvalue weighted by Gasteiger charge is 2.42. The van der Waals surface area contributed by atoms with Gasteiger partial charge in [-0.3, -0.25) is 9.89 Å². The summed E-state index contributed by atoms with van der Waals surface area (Å²) in [5.41, 5.74) is 8.33. The van der Waals surface area contributed by atoms with E-state index in [0.29, 0.717) is 0 Å². The van der Waals surface area contributed by atoms with Crippen LogP contribution in [0, 0.1) is 5.41 Å². The zero-order valence-electron chi connectivity index (χ0n) is 12.1. The summed E-state index contributed by atoms with van der Waals surface area (Å²) in [5, 5.41) is 9.87. The monoisotopic (exact) mass is 284 g/mol. The molecule has 4 N–H and O–H groups in total. The minimum Gasteiger partial charge on any atom is -0.327 e. The molecule has 21 heavy (non-hydrogen) atoms. The fourth-order valence-electron chi connectivity index (χ4n) is 2.93. The smallest absolute Gasteiger partial charge is 0.231 e. The van der Waals surface area contributed by atoms with E-state index >= 15 is 0 Å². The van der Waals surface area contributed by atoms with Crippen molar-refractivity contribution in [3.8, 4) is 11.3 Å². The van der Waals surface area contributed by atoms with Crippen LogP contribution in [0.1, 0.15) is 26.2 Å². The second kappa shape index (κ2) is 5.33. The number of aromatic nitrogens is 2. The number of carbonyl (C=O) groups excluding carboxylic acids is 1. The SMILES string of the molecule is CC1(C(=O)Nc2cccc(-c3ccn[nH]3)c2)CCCC1N. The predicted octanol–water partition coefficient (Wildman–Crippen LogP) is 2.53. The largest absolute Gasteiger partial charge is 0.327 e. The molecule has 0 saturated heterocycles. The predicted molar refractivity (Wildman–Crippen MR) is 82.6 cm³/mol. The fourth-order valence-corrected chi connectivity index (χ4v) is 2.93. The Morgan fingerprint density at radius 1 is 1.48 bits per heavy atom. The first-order valence-electron chi connectivity index (χ1n) is 7.26. The minimum absolute atomic E-state index is 0.00857. The van der Waals surface area contributed by atoms with E-state index in [-0.39, 0.29) is 11.9 Å². The highest BCUT2D eigenvalue weighted by Crippen LogP contribution is 2.37. The number of H-pyrrole nitrogens is 1. The molecule has 1 aliphatic rings. The molecule has 5 heteroatoms. The van der Waals surface area contributed by atoms with Gasteiger partial charge in [-0.25, -0.2) is 0 Å². The highest BCUT2D eigenvalue weighted by molar-refractivity contribution is 5.96. The number of nitrogens with zero attached hydrogens (tertiary/aromatic N) is 1. The zero-order chi connectivity index (χ0) is 14.9. The Labute approximate surface area is 123 Å². The van der Waals surface area contributed by atoms with Gasteiger partial charge in [0.1, 0.15) is 0 Å². The van der Waals surface area contributed by atoms with Crippen LogP contribution in [-0.2, 0) is 4.79 Å². The van der Waals surface area contributed by atoms with Crippen molar-refractivity contribution in [2.45, 2.75) is 32.2 Å². The quantitative estimate of drug-likeness (QED) is 0.809. The topological polar surface area (TPSA) is 83.8 Å². The van der Waals surface area contributed by atoms with E-state index < -0.39 is 5.41 Å². The van der Waals surface area contributed by atoms with Gasteiger partial charge in [-0.15, -0.1) is 0 Å². The van der Waals surface area contributed by atoms with Gasteiger partial charge in [0.05, 0.1) is 11.1 Å². The van der Waals surface area contributed by atoms with E-state index in [1.165, 1.54) is 0 Å². The van der Waals surface area contributed by atoms with Crippen LogP contribution < -0.4 is 11.1 Å². The summed E-state index contributed by atoms with van der Waals surface area (Å²) < 4.78 is 0.